The van der Waals surface area contributed by atoms with Crippen molar-refractivity contribution in [1.82, 2.24) is 25.3 Å². The molecule has 1 aromatic rings. The first kappa shape index (κ1) is 15.9. The topological polar surface area (TPSA) is 109 Å². The van der Waals surface area contributed by atoms with E-state index < -0.39 is 12.1 Å². The van der Waals surface area contributed by atoms with Crippen LogP contribution < -0.4 is 5.32 Å². The molecule has 1 aliphatic rings. The summed E-state index contributed by atoms with van der Waals surface area (Å²) in [7, 11) is 1.63. The van der Waals surface area contributed by atoms with Crippen LogP contribution in [0.2, 0.25) is 0 Å². The molecule has 0 saturated carbocycles. The smallest absolute Gasteiger partial charge is 0.324 e. The zero-order valence-corrected chi connectivity index (χ0v) is 12.6. The first-order valence-electron chi connectivity index (χ1n) is 7.14. The fourth-order valence-electron chi connectivity index (χ4n) is 2.18. The molecule has 120 valence electrons. The molecule has 2 heterocycles. The van der Waals surface area contributed by atoms with Crippen LogP contribution in [0.1, 0.15) is 25.6 Å². The average molecular weight is 309 g/mol. The Bertz CT molecular complexity index is 545. The number of rotatable bonds is 7. The lowest BCUT2D eigenvalue weighted by Crippen LogP contribution is -2.38. The lowest BCUT2D eigenvalue weighted by Gasteiger charge is -2.18. The van der Waals surface area contributed by atoms with Gasteiger partial charge in [-0.15, -0.1) is 0 Å². The molecule has 2 rings (SSSR count). The van der Waals surface area contributed by atoms with Gasteiger partial charge < -0.3 is 14.7 Å². The molecule has 0 radical (unpaired) electrons. The second-order valence-electron chi connectivity index (χ2n) is 5.11. The van der Waals surface area contributed by atoms with Crippen LogP contribution in [0, 0.1) is 0 Å². The van der Waals surface area contributed by atoms with E-state index in [1.54, 1.807) is 7.05 Å². The second kappa shape index (κ2) is 7.01. The van der Waals surface area contributed by atoms with Gasteiger partial charge in [0.2, 0.25) is 12.3 Å². The Hall–Kier alpha value is -2.45. The highest BCUT2D eigenvalue weighted by molar-refractivity contribution is 6.05. The molecule has 1 aliphatic heterocycles. The van der Waals surface area contributed by atoms with Gasteiger partial charge in [0, 0.05) is 26.6 Å². The number of carbonyl (C=O) groups excluding carboxylic acids is 3. The molecule has 22 heavy (non-hydrogen) atoms. The predicted molar refractivity (Wildman–Crippen MR) is 74.6 cm³/mol. The van der Waals surface area contributed by atoms with Gasteiger partial charge >= 0.3 is 6.03 Å². The number of aromatic nitrogens is 2. The molecule has 9 nitrogen and oxygen atoms in total. The van der Waals surface area contributed by atoms with Gasteiger partial charge in [-0.1, -0.05) is 12.1 Å². The summed E-state index contributed by atoms with van der Waals surface area (Å²) >= 11 is 0. The van der Waals surface area contributed by atoms with E-state index in [1.165, 1.54) is 11.3 Å². The number of nitrogens with zero attached hydrogens (tertiary/aromatic N) is 4. The highest BCUT2D eigenvalue weighted by Gasteiger charge is 2.38. The van der Waals surface area contributed by atoms with Crippen molar-refractivity contribution < 1.29 is 18.9 Å². The SMILES string of the molecule is CCCN1C(=O)N[C@H](CC(=O)N(C)CCc2ncon2)C1=O. The zero-order valence-electron chi connectivity index (χ0n) is 12.6. The number of hydrogen-bond acceptors (Lipinski definition) is 6. The minimum Gasteiger partial charge on any atom is -0.345 e. The second-order valence-corrected chi connectivity index (χ2v) is 5.11. The van der Waals surface area contributed by atoms with Crippen molar-refractivity contribution in [3.8, 4) is 0 Å². The van der Waals surface area contributed by atoms with Crippen LogP contribution in [0.4, 0.5) is 4.79 Å². The molecule has 0 spiro atoms. The Morgan fingerprint density at radius 1 is 1.50 bits per heavy atom. The molecule has 1 aromatic heterocycles. The summed E-state index contributed by atoms with van der Waals surface area (Å²) < 4.78 is 4.61. The summed E-state index contributed by atoms with van der Waals surface area (Å²) in [5.74, 6) is -0.0497. The number of hydrogen-bond donors (Lipinski definition) is 1. The number of carbonyl (C=O) groups is 3. The normalized spacial score (nSPS) is 17.7. The van der Waals surface area contributed by atoms with E-state index >= 15 is 0 Å². The van der Waals surface area contributed by atoms with Crippen molar-refractivity contribution in [2.45, 2.75) is 32.2 Å². The Kier molecular flexibility index (Phi) is 5.08. The van der Waals surface area contributed by atoms with Crippen LogP contribution in [0.25, 0.3) is 0 Å². The standard InChI is InChI=1S/C13H19N5O4/c1-3-5-18-12(20)9(15-13(18)21)7-11(19)17(2)6-4-10-14-8-22-16-10/h8-9H,3-7H2,1-2H3,(H,15,21)/t9-/m1/s1. The average Bonchev–Trinajstić information content (AvgIpc) is 3.09. The fourth-order valence-corrected chi connectivity index (χ4v) is 2.18. The quantitative estimate of drug-likeness (QED) is 0.698. The van der Waals surface area contributed by atoms with Crippen LogP contribution >= 0.6 is 0 Å². The molecule has 1 saturated heterocycles. The van der Waals surface area contributed by atoms with Crippen molar-refractivity contribution in [3.05, 3.63) is 12.2 Å². The summed E-state index contributed by atoms with van der Waals surface area (Å²) in [6, 6.07) is -1.21. The van der Waals surface area contributed by atoms with E-state index in [4.69, 9.17) is 0 Å². The number of imide groups is 1. The lowest BCUT2D eigenvalue weighted by molar-refractivity contribution is -0.134. The summed E-state index contributed by atoms with van der Waals surface area (Å²) in [4.78, 5) is 42.3. The highest BCUT2D eigenvalue weighted by Crippen LogP contribution is 2.11. The maximum absolute atomic E-state index is 12.1. The van der Waals surface area contributed by atoms with E-state index in [-0.39, 0.29) is 18.2 Å². The largest absolute Gasteiger partial charge is 0.345 e. The fraction of sp³-hybridized carbons (Fsp3) is 0.615. The minimum atomic E-state index is -0.779. The molecule has 1 fully saturated rings. The molecule has 0 unspecified atom stereocenters. The predicted octanol–water partition coefficient (Wildman–Crippen LogP) is -0.209. The first-order chi connectivity index (χ1) is 10.5. The van der Waals surface area contributed by atoms with E-state index in [9.17, 15) is 14.4 Å². The molecule has 1 atom stereocenters. The molecule has 4 amide bonds. The molecular formula is C13H19N5O4. The maximum Gasteiger partial charge on any atom is 0.324 e. The Morgan fingerprint density at radius 2 is 2.27 bits per heavy atom. The third-order valence-corrected chi connectivity index (χ3v) is 3.44. The molecule has 0 aliphatic carbocycles. The molecular weight excluding hydrogens is 290 g/mol. The summed E-state index contributed by atoms with van der Waals surface area (Å²) in [5, 5.41) is 6.21. The third-order valence-electron chi connectivity index (χ3n) is 3.44. The Labute approximate surface area is 127 Å². The van der Waals surface area contributed by atoms with Gasteiger partial charge in [0.15, 0.2) is 5.82 Å². The molecule has 9 heteroatoms. The van der Waals surface area contributed by atoms with Crippen LogP contribution in [-0.2, 0) is 16.0 Å². The van der Waals surface area contributed by atoms with Crippen molar-refractivity contribution >= 4 is 17.8 Å². The number of amides is 4. The zero-order chi connectivity index (χ0) is 16.1. The van der Waals surface area contributed by atoms with Gasteiger partial charge in [-0.25, -0.2) is 4.79 Å². The summed E-state index contributed by atoms with van der Waals surface area (Å²) in [5.41, 5.74) is 0. The van der Waals surface area contributed by atoms with Crippen LogP contribution in [0.15, 0.2) is 10.9 Å². The van der Waals surface area contributed by atoms with Gasteiger partial charge in [-0.2, -0.15) is 4.98 Å². The highest BCUT2D eigenvalue weighted by atomic mass is 16.5. The van der Waals surface area contributed by atoms with Crippen molar-refractivity contribution in [2.75, 3.05) is 20.1 Å². The lowest BCUT2D eigenvalue weighted by atomic mass is 10.2. The van der Waals surface area contributed by atoms with E-state index in [2.05, 4.69) is 20.0 Å². The van der Waals surface area contributed by atoms with Gasteiger partial charge in [0.1, 0.15) is 6.04 Å². The van der Waals surface area contributed by atoms with Crippen LogP contribution in [-0.4, -0.2) is 64.0 Å². The number of urea groups is 1. The van der Waals surface area contributed by atoms with E-state index in [0.29, 0.717) is 31.8 Å². The van der Waals surface area contributed by atoms with Gasteiger partial charge in [-0.3, -0.25) is 14.5 Å². The molecule has 0 bridgehead atoms. The third kappa shape index (κ3) is 3.60. The van der Waals surface area contributed by atoms with E-state index in [1.807, 2.05) is 6.92 Å². The molecule has 0 aromatic carbocycles. The Morgan fingerprint density at radius 3 is 2.91 bits per heavy atom. The maximum atomic E-state index is 12.1. The van der Waals surface area contributed by atoms with Crippen molar-refractivity contribution in [3.63, 3.8) is 0 Å². The number of likely N-dealkylation sites (N-methyl/N-ethyl adjacent to an activating group) is 1. The Balaban J connectivity index is 1.83. The summed E-state index contributed by atoms with van der Waals surface area (Å²) in [6.45, 7) is 2.65. The van der Waals surface area contributed by atoms with Crippen molar-refractivity contribution in [2.24, 2.45) is 0 Å². The minimum absolute atomic E-state index is 0.0481. The van der Waals surface area contributed by atoms with Gasteiger partial charge in [0.25, 0.3) is 5.91 Å². The summed E-state index contributed by atoms with van der Waals surface area (Å²) in [6.07, 6.45) is 2.33. The molecule has 1 N–H and O–H groups in total. The van der Waals surface area contributed by atoms with Gasteiger partial charge in [0.05, 0.1) is 6.42 Å². The number of nitrogens with one attached hydrogen (secondary N) is 1. The van der Waals surface area contributed by atoms with Gasteiger partial charge in [-0.05, 0) is 6.42 Å². The van der Waals surface area contributed by atoms with Crippen molar-refractivity contribution in [1.29, 1.82) is 0 Å². The van der Waals surface area contributed by atoms with Crippen LogP contribution in [0.3, 0.4) is 0 Å². The first-order valence-corrected chi connectivity index (χ1v) is 7.14. The monoisotopic (exact) mass is 309 g/mol. The van der Waals surface area contributed by atoms with Crippen LogP contribution in [0.5, 0.6) is 0 Å². The van der Waals surface area contributed by atoms with E-state index in [0.717, 1.165) is 4.90 Å².